The van der Waals surface area contributed by atoms with Crippen LogP contribution in [0.2, 0.25) is 0 Å². The monoisotopic (exact) mass is 290 g/mol. The maximum atomic E-state index is 11.8. The maximum Gasteiger partial charge on any atom is 0.230 e. The van der Waals surface area contributed by atoms with Gasteiger partial charge in [-0.3, -0.25) is 9.78 Å². The van der Waals surface area contributed by atoms with Crippen LogP contribution >= 0.6 is 15.9 Å². The lowest BCUT2D eigenvalue weighted by Crippen LogP contribution is -2.15. The molecule has 0 spiro atoms. The van der Waals surface area contributed by atoms with Gasteiger partial charge in [0.05, 0.1) is 12.1 Å². The van der Waals surface area contributed by atoms with Crippen molar-refractivity contribution < 1.29 is 4.79 Å². The van der Waals surface area contributed by atoms with Crippen molar-refractivity contribution in [2.45, 2.75) is 6.42 Å². The van der Waals surface area contributed by atoms with Crippen molar-refractivity contribution in [3.63, 3.8) is 0 Å². The summed E-state index contributed by atoms with van der Waals surface area (Å²) in [7, 11) is 0. The van der Waals surface area contributed by atoms with Crippen LogP contribution in [0.1, 0.15) is 5.69 Å². The molecule has 0 aliphatic carbocycles. The lowest BCUT2D eigenvalue weighted by Gasteiger charge is -2.06. The van der Waals surface area contributed by atoms with Crippen molar-refractivity contribution in [1.82, 2.24) is 4.98 Å². The molecule has 1 heterocycles. The van der Waals surface area contributed by atoms with E-state index in [1.54, 1.807) is 6.20 Å². The molecule has 0 unspecified atom stereocenters. The molecule has 0 bridgehead atoms. The Kier molecular flexibility index (Phi) is 3.88. The van der Waals surface area contributed by atoms with Gasteiger partial charge in [-0.2, -0.15) is 0 Å². The van der Waals surface area contributed by atoms with E-state index in [1.807, 2.05) is 42.5 Å². The van der Waals surface area contributed by atoms with E-state index in [2.05, 4.69) is 26.2 Å². The summed E-state index contributed by atoms with van der Waals surface area (Å²) in [4.78, 5) is 15.9. The van der Waals surface area contributed by atoms with E-state index >= 15 is 0 Å². The molecule has 1 aromatic heterocycles. The summed E-state index contributed by atoms with van der Waals surface area (Å²) >= 11 is 3.38. The SMILES string of the molecule is O=C(Cc1ccccn1)Nc1ccccc1Br. The Bertz CT molecular complexity index is 514. The lowest BCUT2D eigenvalue weighted by molar-refractivity contribution is -0.115. The average molecular weight is 291 g/mol. The molecule has 1 aromatic carbocycles. The fourth-order valence-electron chi connectivity index (χ4n) is 1.42. The summed E-state index contributed by atoms with van der Waals surface area (Å²) in [5, 5.41) is 2.83. The largest absolute Gasteiger partial charge is 0.325 e. The third-order valence-corrected chi connectivity index (χ3v) is 2.91. The number of carbonyl (C=O) groups excluding carboxylic acids is 1. The smallest absolute Gasteiger partial charge is 0.230 e. The molecule has 0 fully saturated rings. The van der Waals surface area contributed by atoms with Crippen LogP contribution in [0.3, 0.4) is 0 Å². The van der Waals surface area contributed by atoms with E-state index in [0.29, 0.717) is 0 Å². The van der Waals surface area contributed by atoms with E-state index in [0.717, 1.165) is 15.9 Å². The van der Waals surface area contributed by atoms with Gasteiger partial charge in [-0.05, 0) is 40.2 Å². The van der Waals surface area contributed by atoms with Crippen molar-refractivity contribution in [3.05, 3.63) is 58.8 Å². The van der Waals surface area contributed by atoms with E-state index in [4.69, 9.17) is 0 Å². The third kappa shape index (κ3) is 3.39. The van der Waals surface area contributed by atoms with Gasteiger partial charge in [-0.1, -0.05) is 18.2 Å². The van der Waals surface area contributed by atoms with Gasteiger partial charge < -0.3 is 5.32 Å². The minimum Gasteiger partial charge on any atom is -0.325 e. The zero-order chi connectivity index (χ0) is 12.1. The van der Waals surface area contributed by atoms with Gasteiger partial charge in [0, 0.05) is 16.4 Å². The minimum atomic E-state index is -0.0735. The second-order valence-electron chi connectivity index (χ2n) is 3.53. The zero-order valence-electron chi connectivity index (χ0n) is 9.06. The Hall–Kier alpha value is -1.68. The molecule has 0 aliphatic rings. The molecule has 0 radical (unpaired) electrons. The van der Waals surface area contributed by atoms with Gasteiger partial charge in [0.1, 0.15) is 0 Å². The number of hydrogen-bond acceptors (Lipinski definition) is 2. The number of carbonyl (C=O) groups is 1. The minimum absolute atomic E-state index is 0.0735. The molecule has 4 heteroatoms. The van der Waals surface area contributed by atoms with Gasteiger partial charge in [-0.25, -0.2) is 0 Å². The summed E-state index contributed by atoms with van der Waals surface area (Å²) in [5.41, 5.74) is 1.53. The second-order valence-corrected chi connectivity index (χ2v) is 4.38. The first kappa shape index (κ1) is 11.8. The number of hydrogen-bond donors (Lipinski definition) is 1. The number of para-hydroxylation sites is 1. The van der Waals surface area contributed by atoms with Crippen molar-refractivity contribution in [2.24, 2.45) is 0 Å². The van der Waals surface area contributed by atoms with Crippen LogP contribution in [0.5, 0.6) is 0 Å². The molecule has 0 saturated heterocycles. The van der Waals surface area contributed by atoms with Gasteiger partial charge in [0.2, 0.25) is 5.91 Å². The number of nitrogens with zero attached hydrogens (tertiary/aromatic N) is 1. The Morgan fingerprint density at radius 3 is 2.65 bits per heavy atom. The van der Waals surface area contributed by atoms with Crippen LogP contribution in [-0.2, 0) is 11.2 Å². The highest BCUT2D eigenvalue weighted by Gasteiger charge is 2.06. The van der Waals surface area contributed by atoms with Crippen LogP contribution in [0.25, 0.3) is 0 Å². The average Bonchev–Trinajstić information content (AvgIpc) is 2.33. The van der Waals surface area contributed by atoms with Crippen LogP contribution in [0.4, 0.5) is 5.69 Å². The molecule has 86 valence electrons. The highest BCUT2D eigenvalue weighted by molar-refractivity contribution is 9.10. The first-order chi connectivity index (χ1) is 8.25. The number of aromatic nitrogens is 1. The topological polar surface area (TPSA) is 42.0 Å². The number of halogens is 1. The first-order valence-corrected chi connectivity index (χ1v) is 5.99. The van der Waals surface area contributed by atoms with Crippen molar-refractivity contribution in [1.29, 1.82) is 0 Å². The summed E-state index contributed by atoms with van der Waals surface area (Å²) < 4.78 is 0.870. The Morgan fingerprint density at radius 1 is 1.18 bits per heavy atom. The van der Waals surface area contributed by atoms with Gasteiger partial charge in [0.25, 0.3) is 0 Å². The Morgan fingerprint density at radius 2 is 1.94 bits per heavy atom. The number of rotatable bonds is 3. The number of anilines is 1. The second kappa shape index (κ2) is 5.59. The number of pyridine rings is 1. The first-order valence-electron chi connectivity index (χ1n) is 5.20. The molecule has 0 aliphatic heterocycles. The Balaban J connectivity index is 2.01. The quantitative estimate of drug-likeness (QED) is 0.944. The van der Waals surface area contributed by atoms with E-state index in [-0.39, 0.29) is 12.3 Å². The van der Waals surface area contributed by atoms with Gasteiger partial charge >= 0.3 is 0 Å². The normalized spacial score (nSPS) is 9.94. The molecule has 1 amide bonds. The number of nitrogens with one attached hydrogen (secondary N) is 1. The van der Waals surface area contributed by atoms with Crippen molar-refractivity contribution in [2.75, 3.05) is 5.32 Å². The summed E-state index contributed by atoms with van der Waals surface area (Å²) in [6.45, 7) is 0. The molecule has 17 heavy (non-hydrogen) atoms. The van der Waals surface area contributed by atoms with E-state index in [1.165, 1.54) is 0 Å². The predicted octanol–water partition coefficient (Wildman–Crippen LogP) is 3.03. The molecular formula is C13H11BrN2O. The van der Waals surface area contributed by atoms with Crippen LogP contribution in [-0.4, -0.2) is 10.9 Å². The van der Waals surface area contributed by atoms with Crippen LogP contribution < -0.4 is 5.32 Å². The van der Waals surface area contributed by atoms with Crippen molar-refractivity contribution in [3.8, 4) is 0 Å². The fraction of sp³-hybridized carbons (Fsp3) is 0.0769. The molecular weight excluding hydrogens is 280 g/mol. The standard InChI is InChI=1S/C13H11BrN2O/c14-11-6-1-2-7-12(11)16-13(17)9-10-5-3-4-8-15-10/h1-8H,9H2,(H,16,17). The Labute approximate surface area is 108 Å². The zero-order valence-corrected chi connectivity index (χ0v) is 10.6. The van der Waals surface area contributed by atoms with Gasteiger partial charge in [-0.15, -0.1) is 0 Å². The number of benzene rings is 1. The molecule has 3 nitrogen and oxygen atoms in total. The number of amides is 1. The summed E-state index contributed by atoms with van der Waals surface area (Å²) in [6.07, 6.45) is 1.96. The van der Waals surface area contributed by atoms with Gasteiger partial charge in [0.15, 0.2) is 0 Å². The highest BCUT2D eigenvalue weighted by atomic mass is 79.9. The van der Waals surface area contributed by atoms with Crippen molar-refractivity contribution >= 4 is 27.5 Å². The lowest BCUT2D eigenvalue weighted by atomic mass is 10.2. The molecule has 2 aromatic rings. The maximum absolute atomic E-state index is 11.8. The molecule has 1 N–H and O–H groups in total. The molecule has 0 saturated carbocycles. The van der Waals surface area contributed by atoms with E-state index < -0.39 is 0 Å². The van der Waals surface area contributed by atoms with Crippen LogP contribution in [0.15, 0.2) is 53.1 Å². The highest BCUT2D eigenvalue weighted by Crippen LogP contribution is 2.21. The third-order valence-electron chi connectivity index (χ3n) is 2.22. The van der Waals surface area contributed by atoms with Crippen LogP contribution in [0, 0.1) is 0 Å². The van der Waals surface area contributed by atoms with E-state index in [9.17, 15) is 4.79 Å². The molecule has 2 rings (SSSR count). The summed E-state index contributed by atoms with van der Waals surface area (Å²) in [6, 6.07) is 13.0. The predicted molar refractivity (Wildman–Crippen MR) is 70.7 cm³/mol. The molecule has 0 atom stereocenters. The fourth-order valence-corrected chi connectivity index (χ4v) is 1.81. The summed E-state index contributed by atoms with van der Waals surface area (Å²) in [5.74, 6) is -0.0735.